The largest absolute Gasteiger partial charge is 0.379 e. The minimum absolute atomic E-state index is 0.0672. The predicted molar refractivity (Wildman–Crippen MR) is 142 cm³/mol. The zero-order chi connectivity index (χ0) is 25.6. The van der Waals surface area contributed by atoms with E-state index >= 15 is 0 Å². The second kappa shape index (κ2) is 12.4. The lowest BCUT2D eigenvalue weighted by Crippen LogP contribution is -2.42. The first-order chi connectivity index (χ1) is 18.0. The highest BCUT2D eigenvalue weighted by Gasteiger charge is 2.27. The van der Waals surface area contributed by atoms with E-state index in [2.05, 4.69) is 49.5 Å². The zero-order valence-corrected chi connectivity index (χ0v) is 22.2. The van der Waals surface area contributed by atoms with E-state index in [0.717, 1.165) is 57.8 Å². The quantitative estimate of drug-likeness (QED) is 0.450. The molecule has 1 atom stereocenters. The third-order valence-electron chi connectivity index (χ3n) is 6.87. The maximum atomic E-state index is 12.9. The van der Waals surface area contributed by atoms with Crippen molar-refractivity contribution in [1.82, 2.24) is 25.3 Å². The van der Waals surface area contributed by atoms with Crippen LogP contribution in [-0.2, 0) is 29.2 Å². The number of hydrogen-bond acceptors (Lipinski definition) is 7. The second-order valence-electron chi connectivity index (χ2n) is 9.63. The Morgan fingerprint density at radius 1 is 1.00 bits per heavy atom. The third-order valence-corrected chi connectivity index (χ3v) is 7.42. The van der Waals surface area contributed by atoms with E-state index in [0.29, 0.717) is 47.0 Å². The highest BCUT2D eigenvalue weighted by molar-refractivity contribution is 6.36. The molecule has 1 unspecified atom stereocenters. The molecule has 8 nitrogen and oxygen atoms in total. The summed E-state index contributed by atoms with van der Waals surface area (Å²) in [5.74, 6) is 0.946. The van der Waals surface area contributed by atoms with Crippen LogP contribution in [0.2, 0.25) is 10.0 Å². The number of hydrogen-bond donors (Lipinski definition) is 1. The number of carbonyl (C=O) groups excluding carboxylic acids is 1. The van der Waals surface area contributed by atoms with Gasteiger partial charge >= 0.3 is 0 Å². The van der Waals surface area contributed by atoms with Crippen molar-refractivity contribution in [1.29, 1.82) is 0 Å². The van der Waals surface area contributed by atoms with Crippen LogP contribution in [0.1, 0.15) is 29.9 Å². The Morgan fingerprint density at radius 3 is 2.57 bits per heavy atom. The average molecular weight is 544 g/mol. The van der Waals surface area contributed by atoms with Crippen molar-refractivity contribution in [3.8, 4) is 11.4 Å². The Hall–Kier alpha value is -2.49. The van der Waals surface area contributed by atoms with Crippen LogP contribution in [-0.4, -0.2) is 65.2 Å². The Morgan fingerprint density at radius 2 is 1.78 bits per heavy atom. The van der Waals surface area contributed by atoms with Gasteiger partial charge in [0.1, 0.15) is 0 Å². The van der Waals surface area contributed by atoms with Crippen LogP contribution >= 0.6 is 23.2 Å². The van der Waals surface area contributed by atoms with Crippen molar-refractivity contribution in [3.05, 3.63) is 69.5 Å². The molecular formula is C27H31Cl2N5O3. The number of carbonyl (C=O) groups is 1. The highest BCUT2D eigenvalue weighted by atomic mass is 35.5. The Labute approximate surface area is 226 Å². The van der Waals surface area contributed by atoms with Crippen molar-refractivity contribution in [2.75, 3.05) is 39.4 Å². The summed E-state index contributed by atoms with van der Waals surface area (Å²) in [7, 11) is 0. The SMILES string of the molecule is O=C(NCc1ccc(CN2CCOCC2)cc1)C1CCCN(Cc2nc(-c3ccc(Cl)cc3Cl)no2)C1. The molecule has 2 aliphatic rings. The molecule has 3 heterocycles. The fraction of sp³-hybridized carbons (Fsp3) is 0.444. The smallest absolute Gasteiger partial charge is 0.241 e. The molecule has 2 aliphatic heterocycles. The first-order valence-corrected chi connectivity index (χ1v) is 13.4. The molecular weight excluding hydrogens is 513 g/mol. The number of nitrogens with one attached hydrogen (secondary N) is 1. The number of morpholine rings is 1. The lowest BCUT2D eigenvalue weighted by molar-refractivity contribution is -0.127. The number of amides is 1. The topological polar surface area (TPSA) is 83.7 Å². The summed E-state index contributed by atoms with van der Waals surface area (Å²) < 4.78 is 10.9. The normalized spacial score (nSPS) is 19.1. The summed E-state index contributed by atoms with van der Waals surface area (Å²) in [6.07, 6.45) is 1.81. The molecule has 10 heteroatoms. The lowest BCUT2D eigenvalue weighted by atomic mass is 9.97. The van der Waals surface area contributed by atoms with Crippen LogP contribution < -0.4 is 5.32 Å². The molecule has 37 heavy (non-hydrogen) atoms. The van der Waals surface area contributed by atoms with Crippen molar-refractivity contribution >= 4 is 29.1 Å². The molecule has 0 saturated carbocycles. The summed E-state index contributed by atoms with van der Waals surface area (Å²) in [6.45, 7) is 7.05. The molecule has 3 aromatic rings. The number of halogens is 2. The van der Waals surface area contributed by atoms with E-state index in [4.69, 9.17) is 32.5 Å². The maximum absolute atomic E-state index is 12.9. The van der Waals surface area contributed by atoms with Crippen LogP contribution in [0, 0.1) is 5.92 Å². The van der Waals surface area contributed by atoms with E-state index in [1.807, 2.05) is 0 Å². The van der Waals surface area contributed by atoms with Gasteiger partial charge in [-0.25, -0.2) is 0 Å². The number of ether oxygens (including phenoxy) is 1. The van der Waals surface area contributed by atoms with Crippen molar-refractivity contribution in [2.45, 2.75) is 32.5 Å². The monoisotopic (exact) mass is 543 g/mol. The molecule has 0 aliphatic carbocycles. The lowest BCUT2D eigenvalue weighted by Gasteiger charge is -2.30. The molecule has 2 fully saturated rings. The Kier molecular flexibility index (Phi) is 8.74. The van der Waals surface area contributed by atoms with E-state index < -0.39 is 0 Å². The maximum Gasteiger partial charge on any atom is 0.241 e. The molecule has 0 radical (unpaired) electrons. The Balaban J connectivity index is 1.10. The van der Waals surface area contributed by atoms with Crippen LogP contribution in [0.5, 0.6) is 0 Å². The standard InChI is InChI=1S/C27H31Cl2N5O3/c28-22-7-8-23(24(29)14-22)26-31-25(37-32-26)18-34-9-1-2-21(17-34)27(35)30-15-19-3-5-20(6-4-19)16-33-10-12-36-13-11-33/h3-8,14,21H,1-2,9-13,15-18H2,(H,30,35). The summed E-state index contributed by atoms with van der Waals surface area (Å²) in [5, 5.41) is 8.22. The fourth-order valence-corrected chi connectivity index (χ4v) is 5.31. The van der Waals surface area contributed by atoms with E-state index in [9.17, 15) is 4.79 Å². The van der Waals surface area contributed by atoms with Gasteiger partial charge < -0.3 is 14.6 Å². The summed E-state index contributed by atoms with van der Waals surface area (Å²) in [6, 6.07) is 13.7. The number of nitrogens with zero attached hydrogens (tertiary/aromatic N) is 4. The van der Waals surface area contributed by atoms with E-state index in [1.165, 1.54) is 5.56 Å². The van der Waals surface area contributed by atoms with E-state index in [1.54, 1.807) is 18.2 Å². The molecule has 2 aromatic carbocycles. The molecule has 196 valence electrons. The van der Waals surface area contributed by atoms with Crippen molar-refractivity contribution < 1.29 is 14.1 Å². The molecule has 5 rings (SSSR count). The summed E-state index contributed by atoms with van der Waals surface area (Å²) in [4.78, 5) is 22.0. The molecule has 0 spiro atoms. The van der Waals surface area contributed by atoms with Crippen LogP contribution in [0.15, 0.2) is 47.0 Å². The minimum Gasteiger partial charge on any atom is -0.379 e. The number of benzene rings is 2. The van der Waals surface area contributed by atoms with E-state index in [-0.39, 0.29) is 11.8 Å². The summed E-state index contributed by atoms with van der Waals surface area (Å²) >= 11 is 12.3. The van der Waals surface area contributed by atoms with Gasteiger partial charge in [-0.2, -0.15) is 4.98 Å². The second-order valence-corrected chi connectivity index (χ2v) is 10.5. The minimum atomic E-state index is -0.0672. The third kappa shape index (κ3) is 7.09. The van der Waals surface area contributed by atoms with Crippen LogP contribution in [0.4, 0.5) is 0 Å². The Bertz CT molecular complexity index is 1200. The number of likely N-dealkylation sites (tertiary alicyclic amines) is 1. The van der Waals surface area contributed by atoms with Gasteiger partial charge in [-0.15, -0.1) is 0 Å². The van der Waals surface area contributed by atoms with Crippen molar-refractivity contribution in [3.63, 3.8) is 0 Å². The van der Waals surface area contributed by atoms with Gasteiger partial charge in [-0.3, -0.25) is 14.6 Å². The van der Waals surface area contributed by atoms with Gasteiger partial charge in [-0.05, 0) is 48.7 Å². The van der Waals surface area contributed by atoms with Gasteiger partial charge in [0.05, 0.1) is 30.7 Å². The first-order valence-electron chi connectivity index (χ1n) is 12.7. The average Bonchev–Trinajstić information content (AvgIpc) is 3.37. The molecule has 1 amide bonds. The van der Waals surface area contributed by atoms with Gasteiger partial charge in [-0.1, -0.05) is 52.6 Å². The fourth-order valence-electron chi connectivity index (χ4n) is 4.82. The molecule has 1 aromatic heterocycles. The number of aromatic nitrogens is 2. The molecule has 2 saturated heterocycles. The number of rotatable bonds is 8. The highest BCUT2D eigenvalue weighted by Crippen LogP contribution is 2.29. The predicted octanol–water partition coefficient (Wildman–Crippen LogP) is 4.40. The molecule has 1 N–H and O–H groups in total. The van der Waals surface area contributed by atoms with Crippen molar-refractivity contribution in [2.24, 2.45) is 5.92 Å². The first kappa shape index (κ1) is 26.1. The van der Waals surface area contributed by atoms with Gasteiger partial charge in [0.25, 0.3) is 0 Å². The number of piperidine rings is 1. The van der Waals surface area contributed by atoms with Gasteiger partial charge in [0.15, 0.2) is 0 Å². The van der Waals surface area contributed by atoms with Gasteiger partial charge in [0, 0.05) is 43.3 Å². The van der Waals surface area contributed by atoms with Crippen LogP contribution in [0.25, 0.3) is 11.4 Å². The molecule has 0 bridgehead atoms. The zero-order valence-electron chi connectivity index (χ0n) is 20.7. The summed E-state index contributed by atoms with van der Waals surface area (Å²) in [5.41, 5.74) is 3.06. The van der Waals surface area contributed by atoms with Crippen LogP contribution in [0.3, 0.4) is 0 Å². The van der Waals surface area contributed by atoms with Gasteiger partial charge in [0.2, 0.25) is 17.6 Å².